The Bertz CT molecular complexity index is 1240. The average Bonchev–Trinajstić information content (AvgIpc) is 3.58. The molecule has 0 N–H and O–H groups in total. The molecular weight excluding hydrogens is 444 g/mol. The van der Waals surface area contributed by atoms with Crippen molar-refractivity contribution in [3.63, 3.8) is 0 Å². The fraction of sp³-hybridized carbons (Fsp3) is 0.286. The highest BCUT2D eigenvalue weighted by molar-refractivity contribution is 7.09. The molecule has 174 valence electrons. The van der Waals surface area contributed by atoms with Gasteiger partial charge in [-0.2, -0.15) is 0 Å². The van der Waals surface area contributed by atoms with Crippen LogP contribution >= 0.6 is 11.3 Å². The molecule has 0 bridgehead atoms. The van der Waals surface area contributed by atoms with Crippen LogP contribution in [0.4, 0.5) is 0 Å². The smallest absolute Gasteiger partial charge is 0.272 e. The summed E-state index contributed by atoms with van der Waals surface area (Å²) in [4.78, 5) is 21.4. The first kappa shape index (κ1) is 22.6. The van der Waals surface area contributed by atoms with Gasteiger partial charge >= 0.3 is 0 Å². The summed E-state index contributed by atoms with van der Waals surface area (Å²) in [6.45, 7) is 2.42. The number of rotatable bonds is 9. The van der Waals surface area contributed by atoms with Crippen LogP contribution in [-0.4, -0.2) is 41.7 Å². The number of thiophene rings is 1. The number of carbonyl (C=O) groups is 1. The molecule has 34 heavy (non-hydrogen) atoms. The fourth-order valence-corrected chi connectivity index (χ4v) is 4.97. The Kier molecular flexibility index (Phi) is 7.17. The summed E-state index contributed by atoms with van der Waals surface area (Å²) in [5.74, 6) is 0.743. The zero-order valence-electron chi connectivity index (χ0n) is 19.1. The molecule has 1 aliphatic heterocycles. The molecule has 0 spiro atoms. The Morgan fingerprint density at radius 1 is 1.09 bits per heavy atom. The number of hydrogen-bond acceptors (Lipinski definition) is 5. The van der Waals surface area contributed by atoms with Gasteiger partial charge in [0.2, 0.25) is 0 Å². The lowest BCUT2D eigenvalue weighted by molar-refractivity contribution is 0.0503. The molecule has 4 aromatic rings. The van der Waals surface area contributed by atoms with Crippen molar-refractivity contribution in [1.82, 2.24) is 9.88 Å². The predicted octanol–water partition coefficient (Wildman–Crippen LogP) is 5.74. The van der Waals surface area contributed by atoms with Gasteiger partial charge in [-0.25, -0.2) is 4.98 Å². The number of hydrogen-bond donors (Lipinski definition) is 0. The highest BCUT2D eigenvalue weighted by Crippen LogP contribution is 2.21. The van der Waals surface area contributed by atoms with E-state index in [1.165, 1.54) is 4.88 Å². The van der Waals surface area contributed by atoms with E-state index in [9.17, 15) is 4.79 Å². The standard InChI is InChI=1S/C28H28N2O3S/c31-28(27-13-12-22-7-1-2-11-26(22)29-27)30(20-24-9-4-15-32-24)19-21-6-3-8-23(18-21)33-16-14-25-10-5-17-34-25/h1-3,5-8,10-13,17-18,24H,4,9,14-16,19-20H2/t24-/m1/s1. The largest absolute Gasteiger partial charge is 0.493 e. The molecule has 0 aliphatic carbocycles. The maximum absolute atomic E-state index is 13.5. The molecule has 0 unspecified atom stereocenters. The van der Waals surface area contributed by atoms with Crippen molar-refractivity contribution in [1.29, 1.82) is 0 Å². The van der Waals surface area contributed by atoms with Crippen molar-refractivity contribution in [2.75, 3.05) is 19.8 Å². The van der Waals surface area contributed by atoms with Gasteiger partial charge in [-0.3, -0.25) is 4.79 Å². The monoisotopic (exact) mass is 472 g/mol. The van der Waals surface area contributed by atoms with Crippen molar-refractivity contribution >= 4 is 28.1 Å². The average molecular weight is 473 g/mol. The van der Waals surface area contributed by atoms with E-state index in [0.717, 1.165) is 48.1 Å². The molecule has 2 aromatic carbocycles. The number of aromatic nitrogens is 1. The predicted molar refractivity (Wildman–Crippen MR) is 135 cm³/mol. The molecule has 0 saturated carbocycles. The highest BCUT2D eigenvalue weighted by atomic mass is 32.1. The lowest BCUT2D eigenvalue weighted by Gasteiger charge is -2.25. The minimum atomic E-state index is -0.0785. The van der Waals surface area contributed by atoms with Crippen molar-refractivity contribution < 1.29 is 14.3 Å². The SMILES string of the molecule is O=C(c1ccc2ccccc2n1)N(Cc1cccc(OCCc2cccs2)c1)C[C@H]1CCCO1. The van der Waals surface area contributed by atoms with Gasteiger partial charge in [-0.1, -0.05) is 42.5 Å². The van der Waals surface area contributed by atoms with E-state index in [4.69, 9.17) is 9.47 Å². The second kappa shape index (κ2) is 10.8. The third-order valence-corrected chi connectivity index (χ3v) is 6.96. The number of para-hydroxylation sites is 1. The van der Waals surface area contributed by atoms with Gasteiger partial charge in [0, 0.05) is 36.4 Å². The van der Waals surface area contributed by atoms with E-state index >= 15 is 0 Å². The van der Waals surface area contributed by atoms with Gasteiger partial charge in [0.25, 0.3) is 5.91 Å². The van der Waals surface area contributed by atoms with E-state index in [2.05, 4.69) is 22.5 Å². The second-order valence-electron chi connectivity index (χ2n) is 8.54. The molecular formula is C28H28N2O3S. The third-order valence-electron chi connectivity index (χ3n) is 6.02. The van der Waals surface area contributed by atoms with Crippen LogP contribution in [0.2, 0.25) is 0 Å². The minimum absolute atomic E-state index is 0.0645. The van der Waals surface area contributed by atoms with Crippen LogP contribution in [0.25, 0.3) is 10.9 Å². The highest BCUT2D eigenvalue weighted by Gasteiger charge is 2.24. The van der Waals surface area contributed by atoms with Crippen LogP contribution in [0, 0.1) is 0 Å². The maximum atomic E-state index is 13.5. The quantitative estimate of drug-likeness (QED) is 0.312. The lowest BCUT2D eigenvalue weighted by Crippen LogP contribution is -2.37. The Morgan fingerprint density at radius 3 is 2.88 bits per heavy atom. The number of carbonyl (C=O) groups excluding carboxylic acids is 1. The van der Waals surface area contributed by atoms with Gasteiger partial charge in [-0.15, -0.1) is 11.3 Å². The van der Waals surface area contributed by atoms with Crippen molar-refractivity contribution in [2.45, 2.75) is 31.9 Å². The van der Waals surface area contributed by atoms with Gasteiger partial charge in [0.15, 0.2) is 0 Å². The molecule has 1 atom stereocenters. The summed E-state index contributed by atoms with van der Waals surface area (Å²) < 4.78 is 11.8. The molecule has 1 amide bonds. The van der Waals surface area contributed by atoms with Gasteiger partial charge < -0.3 is 14.4 Å². The molecule has 1 aliphatic rings. The van der Waals surface area contributed by atoms with Crippen LogP contribution in [0.3, 0.4) is 0 Å². The summed E-state index contributed by atoms with van der Waals surface area (Å²) in [6.07, 6.45) is 2.96. The maximum Gasteiger partial charge on any atom is 0.272 e. The Balaban J connectivity index is 1.31. The molecule has 5 nitrogen and oxygen atoms in total. The normalized spacial score (nSPS) is 15.5. The van der Waals surface area contributed by atoms with Crippen LogP contribution in [0.1, 0.15) is 33.8 Å². The fourth-order valence-electron chi connectivity index (χ4n) is 4.28. The van der Waals surface area contributed by atoms with E-state index in [1.54, 1.807) is 11.3 Å². The van der Waals surface area contributed by atoms with Gasteiger partial charge in [0.1, 0.15) is 11.4 Å². The van der Waals surface area contributed by atoms with E-state index < -0.39 is 0 Å². The van der Waals surface area contributed by atoms with Crippen LogP contribution < -0.4 is 4.74 Å². The zero-order valence-corrected chi connectivity index (χ0v) is 19.9. The summed E-state index contributed by atoms with van der Waals surface area (Å²) in [6, 6.07) is 23.8. The molecule has 3 heterocycles. The third kappa shape index (κ3) is 5.64. The molecule has 1 saturated heterocycles. The Labute approximate surface area is 204 Å². The van der Waals surface area contributed by atoms with Crippen LogP contribution in [0.15, 0.2) is 78.2 Å². The topological polar surface area (TPSA) is 51.7 Å². The summed E-state index contributed by atoms with van der Waals surface area (Å²) >= 11 is 1.74. The summed E-state index contributed by atoms with van der Waals surface area (Å²) in [7, 11) is 0. The van der Waals surface area contributed by atoms with Crippen molar-refractivity contribution in [3.05, 3.63) is 94.3 Å². The number of benzene rings is 2. The number of nitrogens with zero attached hydrogens (tertiary/aromatic N) is 2. The van der Waals surface area contributed by atoms with Crippen LogP contribution in [0.5, 0.6) is 5.75 Å². The van der Waals surface area contributed by atoms with Crippen molar-refractivity contribution in [3.8, 4) is 5.75 Å². The van der Waals surface area contributed by atoms with Crippen molar-refractivity contribution in [2.24, 2.45) is 0 Å². The number of ether oxygens (including phenoxy) is 2. The summed E-state index contributed by atoms with van der Waals surface area (Å²) in [5.41, 5.74) is 2.31. The van der Waals surface area contributed by atoms with E-state index in [1.807, 2.05) is 65.6 Å². The van der Waals surface area contributed by atoms with E-state index in [-0.39, 0.29) is 12.0 Å². The lowest BCUT2D eigenvalue weighted by atomic mass is 10.1. The van der Waals surface area contributed by atoms with Gasteiger partial charge in [0.05, 0.1) is 18.2 Å². The van der Waals surface area contributed by atoms with Gasteiger partial charge in [-0.05, 0) is 54.1 Å². The molecule has 0 radical (unpaired) electrons. The first-order valence-electron chi connectivity index (χ1n) is 11.8. The minimum Gasteiger partial charge on any atom is -0.493 e. The summed E-state index contributed by atoms with van der Waals surface area (Å²) in [5, 5.41) is 3.11. The first-order chi connectivity index (χ1) is 16.7. The number of pyridine rings is 1. The molecule has 5 rings (SSSR count). The first-order valence-corrected chi connectivity index (χ1v) is 12.6. The number of amides is 1. The second-order valence-corrected chi connectivity index (χ2v) is 9.57. The Hall–Kier alpha value is -3.22. The Morgan fingerprint density at radius 2 is 2.03 bits per heavy atom. The number of fused-ring (bicyclic) bond motifs is 1. The molecule has 6 heteroatoms. The molecule has 1 fully saturated rings. The van der Waals surface area contributed by atoms with Crippen LogP contribution in [-0.2, 0) is 17.7 Å². The van der Waals surface area contributed by atoms with E-state index in [0.29, 0.717) is 25.4 Å². The zero-order chi connectivity index (χ0) is 23.2. The molecule has 2 aromatic heterocycles.